The molecule has 0 radical (unpaired) electrons. The minimum Gasteiger partial charge on any atom is -0.356 e. The van der Waals surface area contributed by atoms with Gasteiger partial charge in [-0.1, -0.05) is 0 Å². The summed E-state index contributed by atoms with van der Waals surface area (Å²) in [5.74, 6) is 1.33. The molecule has 1 N–H and O–H groups in total. The first-order chi connectivity index (χ1) is 12.8. The maximum Gasteiger partial charge on any atom is 0.229 e. The van der Waals surface area contributed by atoms with Crippen molar-refractivity contribution < 1.29 is 4.79 Å². The maximum atomic E-state index is 12.6. The number of nitrogens with zero attached hydrogens (tertiary/aromatic N) is 7. The lowest BCUT2D eigenvalue weighted by atomic mass is 9.97. The van der Waals surface area contributed by atoms with Crippen molar-refractivity contribution in [3.8, 4) is 5.82 Å². The summed E-state index contributed by atoms with van der Waals surface area (Å²) in [6, 6.07) is 5.49. The molecular weight excluding hydrogens is 332 g/mol. The highest BCUT2D eigenvalue weighted by Gasteiger charge is 2.27. The van der Waals surface area contributed by atoms with Gasteiger partial charge in [-0.3, -0.25) is 9.78 Å². The lowest BCUT2D eigenvalue weighted by molar-refractivity contribution is -0.120. The number of pyridine rings is 1. The van der Waals surface area contributed by atoms with Gasteiger partial charge < -0.3 is 10.2 Å². The lowest BCUT2D eigenvalue weighted by Crippen LogP contribution is -2.41. The second-order valence-electron chi connectivity index (χ2n) is 6.09. The Morgan fingerprint density at radius 2 is 2.12 bits per heavy atom. The van der Waals surface area contributed by atoms with Gasteiger partial charge in [0.15, 0.2) is 5.82 Å². The molecule has 1 aliphatic rings. The molecule has 4 heterocycles. The highest BCUT2D eigenvalue weighted by atomic mass is 16.1. The Morgan fingerprint density at radius 3 is 2.92 bits per heavy atom. The predicted molar refractivity (Wildman–Crippen MR) is 94.8 cm³/mol. The minimum atomic E-state index is -0.103. The summed E-state index contributed by atoms with van der Waals surface area (Å²) in [5.41, 5.74) is 0.713. The van der Waals surface area contributed by atoms with E-state index in [4.69, 9.17) is 0 Å². The van der Waals surface area contributed by atoms with Gasteiger partial charge in [-0.25, -0.2) is 19.6 Å². The average Bonchev–Trinajstić information content (AvgIpc) is 3.24. The number of anilines is 2. The van der Waals surface area contributed by atoms with Crippen LogP contribution in [0.2, 0.25) is 0 Å². The molecule has 0 spiro atoms. The van der Waals surface area contributed by atoms with E-state index in [1.165, 1.54) is 12.7 Å². The molecule has 1 aliphatic heterocycles. The van der Waals surface area contributed by atoms with Gasteiger partial charge in [0.2, 0.25) is 5.91 Å². The van der Waals surface area contributed by atoms with Crippen LogP contribution in [0.5, 0.6) is 0 Å². The van der Waals surface area contributed by atoms with Crippen LogP contribution in [-0.4, -0.2) is 48.7 Å². The van der Waals surface area contributed by atoms with Gasteiger partial charge in [-0.15, -0.1) is 0 Å². The smallest absolute Gasteiger partial charge is 0.229 e. The number of carbonyl (C=O) groups excluding carboxylic acids is 1. The number of rotatable bonds is 4. The molecule has 1 amide bonds. The highest BCUT2D eigenvalue weighted by molar-refractivity contribution is 5.92. The van der Waals surface area contributed by atoms with Crippen LogP contribution < -0.4 is 10.2 Å². The van der Waals surface area contributed by atoms with Crippen LogP contribution in [0.15, 0.2) is 49.6 Å². The lowest BCUT2D eigenvalue weighted by Gasteiger charge is -2.32. The molecule has 1 fully saturated rings. The molecular formula is C17H18N8O. The van der Waals surface area contributed by atoms with Crippen molar-refractivity contribution >= 4 is 17.4 Å². The zero-order valence-electron chi connectivity index (χ0n) is 14.1. The Balaban J connectivity index is 1.47. The average molecular weight is 350 g/mol. The molecule has 1 unspecified atom stereocenters. The number of amides is 1. The summed E-state index contributed by atoms with van der Waals surface area (Å²) in [7, 11) is 0. The molecule has 3 aromatic rings. The van der Waals surface area contributed by atoms with E-state index >= 15 is 0 Å². The fourth-order valence-corrected chi connectivity index (χ4v) is 3.04. The van der Waals surface area contributed by atoms with Crippen molar-refractivity contribution in [3.05, 3.63) is 49.6 Å². The topological polar surface area (TPSA) is 102 Å². The van der Waals surface area contributed by atoms with Crippen molar-refractivity contribution in [2.24, 2.45) is 5.92 Å². The Bertz CT molecular complexity index is 867. The van der Waals surface area contributed by atoms with Gasteiger partial charge in [0, 0.05) is 25.4 Å². The predicted octanol–water partition coefficient (Wildman–Crippen LogP) is 1.31. The number of hydrogen-bond donors (Lipinski definition) is 1. The van der Waals surface area contributed by atoms with E-state index in [0.717, 1.165) is 25.2 Å². The molecule has 4 rings (SSSR count). The third kappa shape index (κ3) is 3.51. The van der Waals surface area contributed by atoms with Gasteiger partial charge in [-0.2, -0.15) is 5.10 Å². The van der Waals surface area contributed by atoms with Gasteiger partial charge >= 0.3 is 0 Å². The largest absolute Gasteiger partial charge is 0.356 e. The van der Waals surface area contributed by atoms with Crippen molar-refractivity contribution in [1.29, 1.82) is 0 Å². The first kappa shape index (κ1) is 16.1. The molecule has 0 saturated carbocycles. The van der Waals surface area contributed by atoms with Gasteiger partial charge in [-0.05, 0) is 25.0 Å². The highest BCUT2D eigenvalue weighted by Crippen LogP contribution is 2.23. The van der Waals surface area contributed by atoms with E-state index in [9.17, 15) is 4.79 Å². The summed E-state index contributed by atoms with van der Waals surface area (Å²) in [6.07, 6.45) is 9.66. The molecule has 3 aromatic heterocycles. The summed E-state index contributed by atoms with van der Waals surface area (Å²) >= 11 is 0. The van der Waals surface area contributed by atoms with E-state index in [1.807, 2.05) is 12.1 Å². The van der Waals surface area contributed by atoms with Crippen molar-refractivity contribution in [2.75, 3.05) is 23.3 Å². The van der Waals surface area contributed by atoms with Crippen LogP contribution in [0.4, 0.5) is 11.5 Å². The molecule has 0 aromatic carbocycles. The summed E-state index contributed by atoms with van der Waals surface area (Å²) in [6.45, 7) is 1.46. The Hall–Kier alpha value is -3.36. The van der Waals surface area contributed by atoms with Crippen molar-refractivity contribution in [2.45, 2.75) is 12.8 Å². The number of piperidine rings is 1. The van der Waals surface area contributed by atoms with Crippen LogP contribution in [0.1, 0.15) is 12.8 Å². The molecule has 0 aliphatic carbocycles. The molecule has 0 bridgehead atoms. The van der Waals surface area contributed by atoms with E-state index < -0.39 is 0 Å². The SMILES string of the molecule is O=C(Nc1cccnc1)C1CCCN(c2cc(-n3cncn3)ncn2)C1. The Labute approximate surface area is 150 Å². The van der Waals surface area contributed by atoms with Crippen molar-refractivity contribution in [1.82, 2.24) is 29.7 Å². The summed E-state index contributed by atoms with van der Waals surface area (Å²) < 4.78 is 1.59. The zero-order valence-corrected chi connectivity index (χ0v) is 14.1. The summed E-state index contributed by atoms with van der Waals surface area (Å²) in [4.78, 5) is 31.2. The quantitative estimate of drug-likeness (QED) is 0.757. The first-order valence-electron chi connectivity index (χ1n) is 8.42. The van der Waals surface area contributed by atoms with E-state index in [0.29, 0.717) is 18.1 Å². The van der Waals surface area contributed by atoms with Crippen LogP contribution in [0.3, 0.4) is 0 Å². The van der Waals surface area contributed by atoms with E-state index in [2.05, 4.69) is 35.3 Å². The molecule has 9 nitrogen and oxygen atoms in total. The third-order valence-electron chi connectivity index (χ3n) is 4.34. The summed E-state index contributed by atoms with van der Waals surface area (Å²) in [5, 5.41) is 7.02. The van der Waals surface area contributed by atoms with Crippen LogP contribution in [-0.2, 0) is 4.79 Å². The number of carbonyl (C=O) groups is 1. The van der Waals surface area contributed by atoms with E-state index in [1.54, 1.807) is 29.5 Å². The first-order valence-corrected chi connectivity index (χ1v) is 8.42. The second-order valence-corrected chi connectivity index (χ2v) is 6.09. The normalized spacial score (nSPS) is 17.1. The number of hydrogen-bond acceptors (Lipinski definition) is 7. The zero-order chi connectivity index (χ0) is 17.8. The number of aromatic nitrogens is 6. The van der Waals surface area contributed by atoms with Gasteiger partial charge in [0.25, 0.3) is 0 Å². The molecule has 26 heavy (non-hydrogen) atoms. The van der Waals surface area contributed by atoms with Crippen LogP contribution >= 0.6 is 0 Å². The standard InChI is InChI=1S/C17H18N8O/c26-17(23-14-4-1-5-18-8-14)13-3-2-6-24(9-13)15-7-16(21-11-20-15)25-12-19-10-22-25/h1,4-5,7-8,10-13H,2-3,6,9H2,(H,23,26). The Morgan fingerprint density at radius 1 is 1.19 bits per heavy atom. The van der Waals surface area contributed by atoms with Gasteiger partial charge in [0.05, 0.1) is 17.8 Å². The number of nitrogens with one attached hydrogen (secondary N) is 1. The van der Waals surface area contributed by atoms with Crippen LogP contribution in [0, 0.1) is 5.92 Å². The van der Waals surface area contributed by atoms with Crippen LogP contribution in [0.25, 0.3) is 5.82 Å². The molecule has 132 valence electrons. The van der Waals surface area contributed by atoms with Gasteiger partial charge in [0.1, 0.15) is 24.8 Å². The fourth-order valence-electron chi connectivity index (χ4n) is 3.04. The molecule has 9 heteroatoms. The minimum absolute atomic E-state index is 0.00764. The van der Waals surface area contributed by atoms with E-state index in [-0.39, 0.29) is 11.8 Å². The van der Waals surface area contributed by atoms with Crippen molar-refractivity contribution in [3.63, 3.8) is 0 Å². The molecule has 1 saturated heterocycles. The Kier molecular flexibility index (Phi) is 4.50. The third-order valence-corrected chi connectivity index (χ3v) is 4.34. The molecule has 1 atom stereocenters. The monoisotopic (exact) mass is 350 g/mol. The fraction of sp³-hybridized carbons (Fsp3) is 0.294. The second kappa shape index (κ2) is 7.26. The maximum absolute atomic E-state index is 12.6.